The Kier molecular flexibility index (Phi) is 4.25. The molecule has 1 atom stereocenters. The van der Waals surface area contributed by atoms with Crippen molar-refractivity contribution in [1.29, 1.82) is 0 Å². The van der Waals surface area contributed by atoms with E-state index in [1.165, 1.54) is 0 Å². The monoisotopic (exact) mass is 404 g/mol. The molecule has 2 heterocycles. The highest BCUT2D eigenvalue weighted by atomic mass is 35.5. The molecule has 5 nitrogen and oxygen atoms in total. The molecule has 2 amide bonds. The van der Waals surface area contributed by atoms with E-state index in [4.69, 9.17) is 16.0 Å². The van der Waals surface area contributed by atoms with E-state index >= 15 is 0 Å². The zero-order chi connectivity index (χ0) is 20.0. The van der Waals surface area contributed by atoms with E-state index < -0.39 is 5.92 Å². The van der Waals surface area contributed by atoms with E-state index in [2.05, 4.69) is 5.32 Å². The Morgan fingerprint density at radius 1 is 1.00 bits per heavy atom. The van der Waals surface area contributed by atoms with E-state index in [-0.39, 0.29) is 18.2 Å². The van der Waals surface area contributed by atoms with Gasteiger partial charge in [0, 0.05) is 35.5 Å². The number of nitrogens with one attached hydrogen (secondary N) is 1. The number of hydrogen-bond acceptors (Lipinski definition) is 3. The summed E-state index contributed by atoms with van der Waals surface area (Å²) in [6.07, 6.45) is 0.157. The normalized spacial score (nSPS) is 16.7. The van der Waals surface area contributed by atoms with Crippen LogP contribution in [0.25, 0.3) is 21.9 Å². The fourth-order valence-electron chi connectivity index (χ4n) is 3.83. The first kappa shape index (κ1) is 17.8. The fraction of sp³-hybridized carbons (Fsp3) is 0.130. The average Bonchev–Trinajstić information content (AvgIpc) is 3.28. The number of rotatable bonds is 3. The van der Waals surface area contributed by atoms with Crippen molar-refractivity contribution in [1.82, 2.24) is 0 Å². The lowest BCUT2D eigenvalue weighted by Gasteiger charge is -2.18. The van der Waals surface area contributed by atoms with E-state index in [1.54, 1.807) is 17.0 Å². The van der Waals surface area contributed by atoms with Gasteiger partial charge in [0.15, 0.2) is 0 Å². The third kappa shape index (κ3) is 3.13. The molecule has 3 aromatic carbocycles. The number of nitrogens with zero attached hydrogens (tertiary/aromatic N) is 1. The number of hydrogen-bond donors (Lipinski definition) is 1. The first-order valence-electron chi connectivity index (χ1n) is 9.37. The summed E-state index contributed by atoms with van der Waals surface area (Å²) in [5, 5.41) is 5.45. The smallest absolute Gasteiger partial charge is 0.229 e. The molecule has 1 aliphatic rings. The standard InChI is InChI=1S/C23H17ClN2O3/c24-18-6-2-3-7-19(18)26-13-14(11-22(26)27)23(28)25-15-9-10-17-16-5-1-4-8-20(16)29-21(17)12-15/h1-10,12,14H,11,13H2,(H,25,28)/t14-/m1/s1. The summed E-state index contributed by atoms with van der Waals surface area (Å²) in [4.78, 5) is 26.8. The first-order chi connectivity index (χ1) is 14.1. The number of halogens is 1. The van der Waals surface area contributed by atoms with Crippen LogP contribution in [-0.4, -0.2) is 18.4 Å². The van der Waals surface area contributed by atoms with Crippen LogP contribution in [0.5, 0.6) is 0 Å². The van der Waals surface area contributed by atoms with Gasteiger partial charge in [-0.05, 0) is 30.3 Å². The number of fused-ring (bicyclic) bond motifs is 3. The van der Waals surface area contributed by atoms with Gasteiger partial charge in [0.2, 0.25) is 11.8 Å². The summed E-state index contributed by atoms with van der Waals surface area (Å²) in [7, 11) is 0. The summed E-state index contributed by atoms with van der Waals surface area (Å²) >= 11 is 6.21. The van der Waals surface area contributed by atoms with Crippen LogP contribution in [-0.2, 0) is 9.59 Å². The molecule has 4 aromatic rings. The van der Waals surface area contributed by atoms with E-state index in [9.17, 15) is 9.59 Å². The van der Waals surface area contributed by atoms with Gasteiger partial charge in [-0.15, -0.1) is 0 Å². The van der Waals surface area contributed by atoms with Gasteiger partial charge in [-0.25, -0.2) is 0 Å². The molecule has 0 spiro atoms. The van der Waals surface area contributed by atoms with Crippen LogP contribution in [0.1, 0.15) is 6.42 Å². The Hall–Kier alpha value is -3.31. The lowest BCUT2D eigenvalue weighted by molar-refractivity contribution is -0.122. The minimum absolute atomic E-state index is 0.106. The topological polar surface area (TPSA) is 62.6 Å². The maximum atomic E-state index is 12.8. The second kappa shape index (κ2) is 6.94. The van der Waals surface area contributed by atoms with Gasteiger partial charge >= 0.3 is 0 Å². The van der Waals surface area contributed by atoms with Crippen molar-refractivity contribution in [2.24, 2.45) is 5.92 Å². The number of furan rings is 1. The molecule has 0 unspecified atom stereocenters. The Morgan fingerprint density at radius 3 is 2.62 bits per heavy atom. The second-order valence-electron chi connectivity index (χ2n) is 7.16. The molecule has 1 saturated heterocycles. The molecule has 1 aliphatic heterocycles. The number of carbonyl (C=O) groups excluding carboxylic acids is 2. The molecule has 0 bridgehead atoms. The summed E-state index contributed by atoms with van der Waals surface area (Å²) in [6, 6.07) is 20.6. The van der Waals surface area contributed by atoms with Crippen LogP contribution in [0.4, 0.5) is 11.4 Å². The zero-order valence-electron chi connectivity index (χ0n) is 15.4. The fourth-order valence-corrected chi connectivity index (χ4v) is 4.07. The van der Waals surface area contributed by atoms with Crippen molar-refractivity contribution in [2.45, 2.75) is 6.42 Å². The largest absolute Gasteiger partial charge is 0.456 e. The number of anilines is 2. The number of amides is 2. The van der Waals surface area contributed by atoms with Crippen molar-refractivity contribution in [2.75, 3.05) is 16.8 Å². The molecule has 29 heavy (non-hydrogen) atoms. The lowest BCUT2D eigenvalue weighted by atomic mass is 10.1. The van der Waals surface area contributed by atoms with E-state index in [0.717, 1.165) is 16.4 Å². The van der Waals surface area contributed by atoms with Gasteiger partial charge in [-0.3, -0.25) is 9.59 Å². The van der Waals surface area contributed by atoms with E-state index in [1.807, 2.05) is 54.6 Å². The summed E-state index contributed by atoms with van der Waals surface area (Å²) in [5.74, 6) is -0.737. The first-order valence-corrected chi connectivity index (χ1v) is 9.75. The minimum Gasteiger partial charge on any atom is -0.456 e. The molecule has 5 rings (SSSR count). The van der Waals surface area contributed by atoms with Gasteiger partial charge in [0.1, 0.15) is 11.2 Å². The molecule has 144 valence electrons. The molecule has 0 saturated carbocycles. The number of benzene rings is 3. The predicted molar refractivity (Wildman–Crippen MR) is 114 cm³/mol. The van der Waals surface area contributed by atoms with Gasteiger partial charge in [0.05, 0.1) is 16.6 Å². The molecular weight excluding hydrogens is 388 g/mol. The van der Waals surface area contributed by atoms with Crippen molar-refractivity contribution in [3.05, 3.63) is 71.8 Å². The minimum atomic E-state index is -0.440. The number of carbonyl (C=O) groups is 2. The van der Waals surface area contributed by atoms with Crippen molar-refractivity contribution in [3.63, 3.8) is 0 Å². The van der Waals surface area contributed by atoms with Crippen LogP contribution in [0.2, 0.25) is 5.02 Å². The zero-order valence-corrected chi connectivity index (χ0v) is 16.1. The second-order valence-corrected chi connectivity index (χ2v) is 7.56. The third-order valence-electron chi connectivity index (χ3n) is 5.29. The maximum Gasteiger partial charge on any atom is 0.229 e. The highest BCUT2D eigenvalue weighted by Gasteiger charge is 2.35. The summed E-state index contributed by atoms with van der Waals surface area (Å²) < 4.78 is 5.88. The van der Waals surface area contributed by atoms with Gasteiger partial charge in [0.25, 0.3) is 0 Å². The molecule has 1 N–H and O–H groups in total. The SMILES string of the molecule is O=C(Nc1ccc2c(c1)oc1ccccc12)[C@@H]1CC(=O)N(c2ccccc2Cl)C1. The number of para-hydroxylation sites is 2. The Balaban J connectivity index is 1.36. The average molecular weight is 405 g/mol. The molecule has 0 aliphatic carbocycles. The van der Waals surface area contributed by atoms with Crippen LogP contribution in [0, 0.1) is 5.92 Å². The van der Waals surface area contributed by atoms with Crippen molar-refractivity contribution >= 4 is 56.7 Å². The van der Waals surface area contributed by atoms with Crippen molar-refractivity contribution < 1.29 is 14.0 Å². The highest BCUT2D eigenvalue weighted by molar-refractivity contribution is 6.34. The van der Waals surface area contributed by atoms with Crippen LogP contribution in [0.3, 0.4) is 0 Å². The van der Waals surface area contributed by atoms with Gasteiger partial charge < -0.3 is 14.6 Å². The summed E-state index contributed by atoms with van der Waals surface area (Å²) in [6.45, 7) is 0.307. The Morgan fingerprint density at radius 2 is 1.76 bits per heavy atom. The van der Waals surface area contributed by atoms with Gasteiger partial charge in [-0.1, -0.05) is 41.9 Å². The molecule has 1 fully saturated rings. The maximum absolute atomic E-state index is 12.8. The van der Waals surface area contributed by atoms with E-state index in [0.29, 0.717) is 28.5 Å². The lowest BCUT2D eigenvalue weighted by Crippen LogP contribution is -2.28. The molecule has 1 aromatic heterocycles. The summed E-state index contributed by atoms with van der Waals surface area (Å²) in [5.41, 5.74) is 2.80. The van der Waals surface area contributed by atoms with Crippen LogP contribution >= 0.6 is 11.6 Å². The predicted octanol–water partition coefficient (Wildman–Crippen LogP) is 5.23. The highest BCUT2D eigenvalue weighted by Crippen LogP contribution is 2.33. The Labute approximate surface area is 171 Å². The van der Waals surface area contributed by atoms with Crippen LogP contribution in [0.15, 0.2) is 71.1 Å². The molecule has 0 radical (unpaired) electrons. The quantitative estimate of drug-likeness (QED) is 0.508. The Bertz CT molecular complexity index is 1260. The van der Waals surface area contributed by atoms with Crippen LogP contribution < -0.4 is 10.2 Å². The van der Waals surface area contributed by atoms with Crippen molar-refractivity contribution in [3.8, 4) is 0 Å². The molecular formula is C23H17ClN2O3. The van der Waals surface area contributed by atoms with Gasteiger partial charge in [-0.2, -0.15) is 0 Å². The third-order valence-corrected chi connectivity index (χ3v) is 5.60. The molecule has 6 heteroatoms.